The van der Waals surface area contributed by atoms with Crippen molar-refractivity contribution in [1.29, 1.82) is 0 Å². The molecule has 0 saturated carbocycles. The summed E-state index contributed by atoms with van der Waals surface area (Å²) in [4.78, 5) is 15.2. The Kier molecular flexibility index (Phi) is 5.35. The van der Waals surface area contributed by atoms with Gasteiger partial charge >= 0.3 is 0 Å². The zero-order valence-corrected chi connectivity index (χ0v) is 26.6. The monoisotopic (exact) mass is 644 g/mol. The quantitative estimate of drug-likeness (QED) is 0.187. The van der Waals surface area contributed by atoms with Gasteiger partial charge in [0.15, 0.2) is 11.6 Å². The summed E-state index contributed by atoms with van der Waals surface area (Å²) >= 11 is 0. The Morgan fingerprint density at radius 3 is 1.64 bits per heavy atom. The summed E-state index contributed by atoms with van der Waals surface area (Å²) in [7, 11) is 0. The molecule has 5 heteroatoms. The molecule has 0 atom stereocenters. The fourth-order valence-corrected chi connectivity index (χ4v) is 7.06. The van der Waals surface area contributed by atoms with Crippen LogP contribution in [0, 0.1) is 0 Å². The average molecular weight is 645 g/mol. The second kappa shape index (κ2) is 11.4. The minimum absolute atomic E-state index is 0.173. The molecule has 5 nitrogen and oxygen atoms in total. The molecule has 0 amide bonds. The minimum Gasteiger partial charge on any atom is -0.309 e. The molecule has 10 aromatic rings. The lowest BCUT2D eigenvalue weighted by Gasteiger charge is -2.12. The molecule has 0 saturated heterocycles. The summed E-state index contributed by atoms with van der Waals surface area (Å²) in [6.45, 7) is 0. The summed E-state index contributed by atoms with van der Waals surface area (Å²) in [5.74, 6) is 1.65. The highest BCUT2D eigenvalue weighted by molar-refractivity contribution is 6.26. The van der Waals surface area contributed by atoms with Crippen molar-refractivity contribution in [2.75, 3.05) is 0 Å². The number of nitrogens with zero attached hydrogens (tertiary/aromatic N) is 5. The van der Waals surface area contributed by atoms with E-state index >= 15 is 0 Å². The van der Waals surface area contributed by atoms with Crippen LogP contribution >= 0.6 is 0 Å². The zero-order valence-electron chi connectivity index (χ0n) is 31.6. The standard InChI is InChI=1S/C45H29N5/c1-4-14-30(15-5-1)31-24-26-34(27-25-31)49-38-22-12-10-20-35(38)36-28-29-40-41(42(36)49)37-21-11-13-23-39(37)50(40)45-47-43(32-16-6-2-7-17-32)46-44(48-45)33-18-8-3-9-19-33/h1-29H/i1D,4D,5D,14D,15D. The van der Waals surface area contributed by atoms with E-state index in [1.165, 1.54) is 0 Å². The summed E-state index contributed by atoms with van der Waals surface area (Å²) in [6.07, 6.45) is 0. The van der Waals surface area contributed by atoms with Gasteiger partial charge in [-0.2, -0.15) is 9.97 Å². The summed E-state index contributed by atoms with van der Waals surface area (Å²) in [5, 5.41) is 4.22. The maximum absolute atomic E-state index is 8.55. The van der Waals surface area contributed by atoms with Crippen LogP contribution in [0.2, 0.25) is 0 Å². The molecule has 0 N–H and O–H groups in total. The first kappa shape index (κ1) is 23.5. The number of fused-ring (bicyclic) bond motifs is 7. The zero-order chi connectivity index (χ0) is 37.4. The molecule has 50 heavy (non-hydrogen) atoms. The van der Waals surface area contributed by atoms with Crippen LogP contribution in [0.15, 0.2) is 176 Å². The Morgan fingerprint density at radius 1 is 0.400 bits per heavy atom. The van der Waals surface area contributed by atoms with Crippen molar-refractivity contribution in [2.24, 2.45) is 0 Å². The van der Waals surface area contributed by atoms with Crippen molar-refractivity contribution in [3.05, 3.63) is 176 Å². The third-order valence-electron chi connectivity index (χ3n) is 9.27. The molecule has 3 heterocycles. The Bertz CT molecular complexity index is 3050. The van der Waals surface area contributed by atoms with Gasteiger partial charge in [0.25, 0.3) is 0 Å². The van der Waals surface area contributed by atoms with Gasteiger partial charge in [-0.1, -0.05) is 145 Å². The first-order valence-electron chi connectivity index (χ1n) is 18.9. The molecule has 0 aliphatic rings. The molecular formula is C45H29N5. The van der Waals surface area contributed by atoms with Crippen LogP contribution in [-0.2, 0) is 0 Å². The molecule has 0 aliphatic heterocycles. The maximum atomic E-state index is 8.55. The Balaban J connectivity index is 1.26. The van der Waals surface area contributed by atoms with Gasteiger partial charge in [0.1, 0.15) is 0 Å². The van der Waals surface area contributed by atoms with E-state index in [9.17, 15) is 0 Å². The van der Waals surface area contributed by atoms with Crippen molar-refractivity contribution in [3.63, 3.8) is 0 Å². The lowest BCUT2D eigenvalue weighted by atomic mass is 10.1. The minimum atomic E-state index is -0.409. The number of hydrogen-bond acceptors (Lipinski definition) is 3. The smallest absolute Gasteiger partial charge is 0.238 e. The number of hydrogen-bond donors (Lipinski definition) is 0. The predicted octanol–water partition coefficient (Wildman–Crippen LogP) is 11.1. The van der Waals surface area contributed by atoms with Gasteiger partial charge in [-0.25, -0.2) is 4.98 Å². The largest absolute Gasteiger partial charge is 0.309 e. The normalized spacial score (nSPS) is 13.0. The Morgan fingerprint density at radius 2 is 0.980 bits per heavy atom. The van der Waals surface area contributed by atoms with E-state index in [4.69, 9.17) is 21.8 Å². The van der Waals surface area contributed by atoms with Gasteiger partial charge in [-0.05, 0) is 41.5 Å². The van der Waals surface area contributed by atoms with Crippen LogP contribution in [-0.4, -0.2) is 24.1 Å². The molecule has 7 aromatic carbocycles. The highest BCUT2D eigenvalue weighted by Gasteiger charge is 2.22. The molecule has 0 fully saturated rings. The topological polar surface area (TPSA) is 48.5 Å². The number of para-hydroxylation sites is 2. The number of benzene rings is 7. The van der Waals surface area contributed by atoms with Gasteiger partial charge in [-0.15, -0.1) is 0 Å². The fraction of sp³-hybridized carbons (Fsp3) is 0. The van der Waals surface area contributed by atoms with Crippen molar-refractivity contribution in [3.8, 4) is 45.5 Å². The van der Waals surface area contributed by atoms with E-state index in [1.807, 2.05) is 109 Å². The average Bonchev–Trinajstić information content (AvgIpc) is 3.76. The van der Waals surface area contributed by atoms with Crippen molar-refractivity contribution in [2.45, 2.75) is 0 Å². The van der Waals surface area contributed by atoms with Crippen LogP contribution in [0.5, 0.6) is 0 Å². The second-order valence-electron chi connectivity index (χ2n) is 12.1. The molecule has 234 valence electrons. The first-order chi connectivity index (χ1) is 26.9. The highest BCUT2D eigenvalue weighted by Crippen LogP contribution is 2.42. The second-order valence-corrected chi connectivity index (χ2v) is 12.1. The van der Waals surface area contributed by atoms with Crippen LogP contribution in [0.25, 0.3) is 89.2 Å². The molecule has 3 aromatic heterocycles. The van der Waals surface area contributed by atoms with Gasteiger partial charge in [-0.3, -0.25) is 4.57 Å². The van der Waals surface area contributed by atoms with E-state index < -0.39 is 6.04 Å². The van der Waals surface area contributed by atoms with Crippen molar-refractivity contribution >= 4 is 43.6 Å². The summed E-state index contributed by atoms with van der Waals surface area (Å²) in [6, 6.07) is 46.8. The van der Waals surface area contributed by atoms with E-state index in [1.54, 1.807) is 0 Å². The van der Waals surface area contributed by atoms with Crippen LogP contribution < -0.4 is 0 Å². The lowest BCUT2D eigenvalue weighted by molar-refractivity contribution is 0.953. The molecule has 10 rings (SSSR count). The predicted molar refractivity (Wildman–Crippen MR) is 205 cm³/mol. The van der Waals surface area contributed by atoms with Gasteiger partial charge in [0.05, 0.1) is 28.9 Å². The van der Waals surface area contributed by atoms with Crippen LogP contribution in [0.1, 0.15) is 6.85 Å². The Labute approximate surface area is 295 Å². The molecule has 0 unspecified atom stereocenters. The molecule has 0 aliphatic carbocycles. The third kappa shape index (κ3) is 4.45. The van der Waals surface area contributed by atoms with Crippen molar-refractivity contribution < 1.29 is 6.85 Å². The van der Waals surface area contributed by atoms with E-state index in [0.717, 1.165) is 60.4 Å². The van der Waals surface area contributed by atoms with Gasteiger partial charge < -0.3 is 4.57 Å². The van der Waals surface area contributed by atoms with Crippen molar-refractivity contribution in [1.82, 2.24) is 24.1 Å². The van der Waals surface area contributed by atoms with Crippen LogP contribution in [0.4, 0.5) is 0 Å². The first-order valence-corrected chi connectivity index (χ1v) is 16.4. The molecular weight excluding hydrogens is 611 g/mol. The SMILES string of the molecule is [2H]c1c([2H])c([2H])c(-c2ccc(-n3c4ccccc4c4ccc5c(c6ccccc6n5-c5nc(-c6ccccc6)nc(-c6ccccc6)n5)c43)cc2)c([2H])c1[2H]. The Hall–Kier alpha value is -6.85. The summed E-state index contributed by atoms with van der Waals surface area (Å²) < 4.78 is 45.9. The van der Waals surface area contributed by atoms with Gasteiger partial charge in [0, 0.05) is 38.4 Å². The number of rotatable bonds is 5. The lowest BCUT2D eigenvalue weighted by Crippen LogP contribution is -2.06. The fourth-order valence-electron chi connectivity index (χ4n) is 7.06. The molecule has 0 radical (unpaired) electrons. The molecule has 0 bridgehead atoms. The van der Waals surface area contributed by atoms with E-state index in [0.29, 0.717) is 23.2 Å². The van der Waals surface area contributed by atoms with Crippen LogP contribution in [0.3, 0.4) is 0 Å². The van der Waals surface area contributed by atoms with E-state index in [-0.39, 0.29) is 29.7 Å². The molecule has 0 spiro atoms. The summed E-state index contributed by atoms with van der Waals surface area (Å²) in [5.41, 5.74) is 7.25. The van der Waals surface area contributed by atoms with E-state index in [2.05, 4.69) is 45.5 Å². The highest BCUT2D eigenvalue weighted by atomic mass is 15.2. The third-order valence-corrected chi connectivity index (χ3v) is 9.27. The van der Waals surface area contributed by atoms with Gasteiger partial charge in [0.2, 0.25) is 5.95 Å². The number of aromatic nitrogens is 5. The maximum Gasteiger partial charge on any atom is 0.238 e.